The number of rotatable bonds is 7. The van der Waals surface area contributed by atoms with E-state index >= 15 is 0 Å². The van der Waals surface area contributed by atoms with Crippen LogP contribution < -0.4 is 14.8 Å². The molecular weight excluding hydrogens is 258 g/mol. The Morgan fingerprint density at radius 3 is 2.75 bits per heavy atom. The topological polar surface area (TPSA) is 69.4 Å². The van der Waals surface area contributed by atoms with E-state index in [2.05, 4.69) is 15.5 Å². The van der Waals surface area contributed by atoms with Gasteiger partial charge in [0.05, 0.1) is 14.2 Å². The number of ether oxygens (including phenoxy) is 2. The molecule has 0 aliphatic heterocycles. The van der Waals surface area contributed by atoms with Gasteiger partial charge in [-0.2, -0.15) is 4.98 Å². The van der Waals surface area contributed by atoms with Crippen LogP contribution in [0.4, 0.5) is 0 Å². The van der Waals surface area contributed by atoms with Gasteiger partial charge in [0.25, 0.3) is 0 Å². The van der Waals surface area contributed by atoms with E-state index in [-0.39, 0.29) is 0 Å². The molecule has 0 spiro atoms. The molecule has 2 rings (SSSR count). The maximum atomic E-state index is 5.35. The van der Waals surface area contributed by atoms with Crippen LogP contribution in [-0.2, 0) is 13.0 Å². The van der Waals surface area contributed by atoms with E-state index in [0.29, 0.717) is 24.7 Å². The number of hydrogen-bond donors (Lipinski definition) is 1. The van der Waals surface area contributed by atoms with Crippen molar-refractivity contribution in [2.24, 2.45) is 0 Å². The number of aryl methyl sites for hydroxylation is 1. The average molecular weight is 277 g/mol. The van der Waals surface area contributed by atoms with Gasteiger partial charge < -0.3 is 19.3 Å². The molecule has 108 valence electrons. The van der Waals surface area contributed by atoms with Crippen molar-refractivity contribution in [2.75, 3.05) is 20.8 Å². The van der Waals surface area contributed by atoms with Crippen molar-refractivity contribution >= 4 is 0 Å². The second kappa shape index (κ2) is 6.91. The minimum atomic E-state index is 0.650. The van der Waals surface area contributed by atoms with E-state index in [4.69, 9.17) is 14.0 Å². The highest BCUT2D eigenvalue weighted by Gasteiger charge is 2.06. The van der Waals surface area contributed by atoms with Crippen molar-refractivity contribution in [3.63, 3.8) is 0 Å². The Morgan fingerprint density at radius 1 is 1.25 bits per heavy atom. The van der Waals surface area contributed by atoms with Gasteiger partial charge in [-0.1, -0.05) is 11.2 Å². The fourth-order valence-corrected chi connectivity index (χ4v) is 1.86. The average Bonchev–Trinajstić information content (AvgIpc) is 2.89. The summed E-state index contributed by atoms with van der Waals surface area (Å²) in [7, 11) is 3.29. The fraction of sp³-hybridized carbons (Fsp3) is 0.429. The van der Waals surface area contributed by atoms with Gasteiger partial charge in [-0.3, -0.25) is 0 Å². The molecule has 1 N–H and O–H groups in total. The molecule has 2 aromatic rings. The van der Waals surface area contributed by atoms with Crippen LogP contribution in [0.3, 0.4) is 0 Å². The number of methoxy groups -OCH3 is 2. The molecule has 0 fully saturated rings. The number of aromatic nitrogens is 2. The second-order valence-corrected chi connectivity index (χ2v) is 4.34. The van der Waals surface area contributed by atoms with E-state index in [1.54, 1.807) is 14.2 Å². The quantitative estimate of drug-likeness (QED) is 0.777. The Morgan fingerprint density at radius 2 is 2.10 bits per heavy atom. The summed E-state index contributed by atoms with van der Waals surface area (Å²) in [4.78, 5) is 4.15. The summed E-state index contributed by atoms with van der Waals surface area (Å²) in [6.07, 6.45) is 0.708. The first-order valence-electron chi connectivity index (χ1n) is 6.43. The van der Waals surface area contributed by atoms with Crippen LogP contribution in [0.25, 0.3) is 0 Å². The molecule has 0 saturated heterocycles. The smallest absolute Gasteiger partial charge is 0.227 e. The van der Waals surface area contributed by atoms with Crippen molar-refractivity contribution in [3.8, 4) is 11.5 Å². The predicted octanol–water partition coefficient (Wildman–Crippen LogP) is 1.73. The van der Waals surface area contributed by atoms with Crippen LogP contribution in [-0.4, -0.2) is 30.9 Å². The highest BCUT2D eigenvalue weighted by atomic mass is 16.5. The molecule has 0 bridgehead atoms. The van der Waals surface area contributed by atoms with E-state index in [0.717, 1.165) is 23.6 Å². The lowest BCUT2D eigenvalue weighted by molar-refractivity contribution is 0.371. The van der Waals surface area contributed by atoms with Crippen LogP contribution in [0.5, 0.6) is 11.5 Å². The third-order valence-electron chi connectivity index (χ3n) is 2.89. The Labute approximate surface area is 118 Å². The van der Waals surface area contributed by atoms with Crippen molar-refractivity contribution in [3.05, 3.63) is 35.5 Å². The lowest BCUT2D eigenvalue weighted by Crippen LogP contribution is -2.17. The number of benzene rings is 1. The van der Waals surface area contributed by atoms with E-state index in [9.17, 15) is 0 Å². The standard InChI is InChI=1S/C14H19N3O3/c1-10-16-14(20-17-10)6-7-15-9-11-4-5-12(18-2)8-13(11)19-3/h4-5,8,15H,6-7,9H2,1-3H3. The Balaban J connectivity index is 1.84. The number of nitrogens with zero attached hydrogens (tertiary/aromatic N) is 2. The van der Waals surface area contributed by atoms with Gasteiger partial charge in [0, 0.05) is 31.1 Å². The normalized spacial score (nSPS) is 10.6. The molecule has 0 aliphatic rings. The van der Waals surface area contributed by atoms with Crippen LogP contribution in [0.1, 0.15) is 17.3 Å². The number of hydrogen-bond acceptors (Lipinski definition) is 6. The summed E-state index contributed by atoms with van der Waals surface area (Å²) in [6.45, 7) is 3.28. The maximum Gasteiger partial charge on any atom is 0.227 e. The molecule has 0 aliphatic carbocycles. The van der Waals surface area contributed by atoms with Gasteiger partial charge in [-0.15, -0.1) is 0 Å². The van der Waals surface area contributed by atoms with Gasteiger partial charge in [-0.05, 0) is 13.0 Å². The maximum absolute atomic E-state index is 5.35. The molecular formula is C14H19N3O3. The van der Waals surface area contributed by atoms with Crippen LogP contribution in [0.15, 0.2) is 22.7 Å². The predicted molar refractivity (Wildman–Crippen MR) is 74.0 cm³/mol. The van der Waals surface area contributed by atoms with Crippen molar-refractivity contribution in [1.29, 1.82) is 0 Å². The summed E-state index contributed by atoms with van der Waals surface area (Å²) < 4.78 is 15.6. The molecule has 0 atom stereocenters. The highest BCUT2D eigenvalue weighted by molar-refractivity contribution is 5.40. The van der Waals surface area contributed by atoms with Crippen LogP contribution >= 0.6 is 0 Å². The summed E-state index contributed by atoms with van der Waals surface area (Å²) in [5.74, 6) is 2.91. The zero-order valence-corrected chi connectivity index (χ0v) is 12.0. The molecule has 1 heterocycles. The van der Waals surface area contributed by atoms with Gasteiger partial charge in [0.1, 0.15) is 11.5 Å². The molecule has 6 heteroatoms. The summed E-state index contributed by atoms with van der Waals surface area (Å²) in [6, 6.07) is 5.78. The van der Waals surface area contributed by atoms with Gasteiger partial charge in [-0.25, -0.2) is 0 Å². The minimum Gasteiger partial charge on any atom is -0.497 e. The third kappa shape index (κ3) is 3.71. The molecule has 1 aromatic heterocycles. The first kappa shape index (κ1) is 14.3. The van der Waals surface area contributed by atoms with E-state index in [1.165, 1.54) is 0 Å². The second-order valence-electron chi connectivity index (χ2n) is 4.34. The molecule has 0 radical (unpaired) electrons. The fourth-order valence-electron chi connectivity index (χ4n) is 1.86. The largest absolute Gasteiger partial charge is 0.497 e. The monoisotopic (exact) mass is 277 g/mol. The van der Waals surface area contributed by atoms with Crippen molar-refractivity contribution in [1.82, 2.24) is 15.5 Å². The van der Waals surface area contributed by atoms with Gasteiger partial charge in [0.2, 0.25) is 5.89 Å². The Hall–Kier alpha value is -2.08. The zero-order valence-electron chi connectivity index (χ0n) is 12.0. The van der Waals surface area contributed by atoms with Gasteiger partial charge in [0.15, 0.2) is 5.82 Å². The molecule has 0 amide bonds. The molecule has 0 unspecified atom stereocenters. The number of nitrogens with one attached hydrogen (secondary N) is 1. The highest BCUT2D eigenvalue weighted by Crippen LogP contribution is 2.24. The molecule has 0 saturated carbocycles. The molecule has 20 heavy (non-hydrogen) atoms. The van der Waals surface area contributed by atoms with Gasteiger partial charge >= 0.3 is 0 Å². The zero-order chi connectivity index (χ0) is 14.4. The lowest BCUT2D eigenvalue weighted by atomic mass is 10.2. The SMILES string of the molecule is COc1ccc(CNCCc2nc(C)no2)c(OC)c1. The lowest BCUT2D eigenvalue weighted by Gasteiger charge is -2.10. The first-order valence-corrected chi connectivity index (χ1v) is 6.43. The summed E-state index contributed by atoms with van der Waals surface area (Å²) >= 11 is 0. The summed E-state index contributed by atoms with van der Waals surface area (Å²) in [5, 5.41) is 7.08. The van der Waals surface area contributed by atoms with Crippen molar-refractivity contribution < 1.29 is 14.0 Å². The first-order chi connectivity index (χ1) is 9.72. The van der Waals surface area contributed by atoms with Crippen molar-refractivity contribution in [2.45, 2.75) is 19.9 Å². The Kier molecular flexibility index (Phi) is 4.95. The summed E-state index contributed by atoms with van der Waals surface area (Å²) in [5.41, 5.74) is 1.08. The minimum absolute atomic E-state index is 0.650. The third-order valence-corrected chi connectivity index (χ3v) is 2.89. The Bertz CT molecular complexity index is 554. The van der Waals surface area contributed by atoms with E-state index in [1.807, 2.05) is 25.1 Å². The molecule has 1 aromatic carbocycles. The van der Waals surface area contributed by atoms with Crippen LogP contribution in [0, 0.1) is 6.92 Å². The van der Waals surface area contributed by atoms with E-state index < -0.39 is 0 Å². The van der Waals surface area contributed by atoms with Crippen LogP contribution in [0.2, 0.25) is 0 Å². The molecule has 6 nitrogen and oxygen atoms in total.